The van der Waals surface area contributed by atoms with Gasteiger partial charge in [-0.2, -0.15) is 0 Å². The summed E-state index contributed by atoms with van der Waals surface area (Å²) in [6, 6.07) is 7.85. The first kappa shape index (κ1) is 22.2. The highest BCUT2D eigenvalue weighted by Gasteiger charge is 2.26. The second kappa shape index (κ2) is 8.68. The fraction of sp³-hybridized carbons (Fsp3) is 0.190. The van der Waals surface area contributed by atoms with E-state index >= 15 is 0 Å². The summed E-state index contributed by atoms with van der Waals surface area (Å²) >= 11 is 0. The van der Waals surface area contributed by atoms with Crippen LogP contribution in [0.15, 0.2) is 42.0 Å². The fourth-order valence-corrected chi connectivity index (χ4v) is 3.63. The summed E-state index contributed by atoms with van der Waals surface area (Å²) in [5.41, 5.74) is 2.57. The average Bonchev–Trinajstić information content (AvgIpc) is 2.67. The molecule has 0 unspecified atom stereocenters. The Labute approximate surface area is 178 Å². The van der Waals surface area contributed by atoms with Crippen LogP contribution in [0.25, 0.3) is 6.08 Å². The van der Waals surface area contributed by atoms with Gasteiger partial charge in [-0.25, -0.2) is 22.3 Å². The number of carbonyl (C=O) groups is 3. The molecule has 0 aromatic heterocycles. The minimum absolute atomic E-state index is 0.00165. The molecule has 162 valence electrons. The molecule has 2 aromatic rings. The highest BCUT2D eigenvalue weighted by atomic mass is 32.2. The van der Waals surface area contributed by atoms with Gasteiger partial charge in [-0.05, 0) is 47.0 Å². The number of urea groups is 1. The van der Waals surface area contributed by atoms with Gasteiger partial charge in [0.05, 0.1) is 11.8 Å². The molecule has 0 saturated heterocycles. The number of nitrogens with one attached hydrogen (secondary N) is 3. The number of anilines is 2. The van der Waals surface area contributed by atoms with Crippen molar-refractivity contribution in [1.29, 1.82) is 0 Å². The second-order valence-electron chi connectivity index (χ2n) is 7.05. The number of halogens is 1. The Morgan fingerprint density at radius 1 is 1.13 bits per heavy atom. The van der Waals surface area contributed by atoms with Crippen molar-refractivity contribution >= 4 is 45.1 Å². The Balaban J connectivity index is 1.73. The minimum Gasteiger partial charge on any atom is -0.388 e. The van der Waals surface area contributed by atoms with Crippen LogP contribution in [0.1, 0.15) is 16.7 Å². The number of amides is 2. The first-order valence-electron chi connectivity index (χ1n) is 9.21. The number of Topliss-reactive ketones (excluding diaryl/α,β-unsaturated/α-hetero) is 2. The van der Waals surface area contributed by atoms with E-state index in [2.05, 4.69) is 10.6 Å². The quantitative estimate of drug-likeness (QED) is 0.587. The molecule has 0 atom stereocenters. The smallest absolute Gasteiger partial charge is 0.332 e. The van der Waals surface area contributed by atoms with E-state index in [0.29, 0.717) is 28.1 Å². The molecular formula is C21H20FN3O5S. The third kappa shape index (κ3) is 5.54. The van der Waals surface area contributed by atoms with E-state index in [1.807, 2.05) is 0 Å². The van der Waals surface area contributed by atoms with Gasteiger partial charge in [0, 0.05) is 31.3 Å². The molecule has 8 nitrogen and oxygen atoms in total. The summed E-state index contributed by atoms with van der Waals surface area (Å²) < 4.78 is 37.7. The lowest BCUT2D eigenvalue weighted by molar-refractivity contribution is -0.120. The normalized spacial score (nSPS) is 13.1. The number of allylic oxidation sites excluding steroid dienone is 1. The molecule has 2 aromatic carbocycles. The van der Waals surface area contributed by atoms with Gasteiger partial charge in [-0.15, -0.1) is 0 Å². The van der Waals surface area contributed by atoms with Gasteiger partial charge in [-0.3, -0.25) is 9.59 Å². The lowest BCUT2D eigenvalue weighted by atomic mass is 9.86. The maximum atomic E-state index is 13.8. The van der Waals surface area contributed by atoms with Crippen LogP contribution in [-0.2, 0) is 32.5 Å². The van der Waals surface area contributed by atoms with Crippen molar-refractivity contribution in [3.63, 3.8) is 0 Å². The van der Waals surface area contributed by atoms with E-state index in [1.165, 1.54) is 30.3 Å². The van der Waals surface area contributed by atoms with E-state index in [1.54, 1.807) is 23.9 Å². The summed E-state index contributed by atoms with van der Waals surface area (Å²) in [5, 5.41) is 5.21. The van der Waals surface area contributed by atoms with E-state index in [-0.39, 0.29) is 24.2 Å². The number of carbonyl (C=O) groups excluding carboxylic acids is 3. The summed E-state index contributed by atoms with van der Waals surface area (Å²) in [6.45, 7) is 0. The summed E-state index contributed by atoms with van der Waals surface area (Å²) in [6.07, 6.45) is 2.21. The Morgan fingerprint density at radius 3 is 2.42 bits per heavy atom. The van der Waals surface area contributed by atoms with Crippen LogP contribution >= 0.6 is 0 Å². The molecule has 2 amide bonds. The van der Waals surface area contributed by atoms with Crippen LogP contribution in [0, 0.1) is 5.82 Å². The summed E-state index contributed by atoms with van der Waals surface area (Å²) in [4.78, 5) is 36.8. The lowest BCUT2D eigenvalue weighted by Crippen LogP contribution is -2.33. The Morgan fingerprint density at radius 2 is 1.81 bits per heavy atom. The summed E-state index contributed by atoms with van der Waals surface area (Å²) in [5.74, 6) is -1.21. The van der Waals surface area contributed by atoms with E-state index in [4.69, 9.17) is 0 Å². The molecule has 10 heteroatoms. The topological polar surface area (TPSA) is 121 Å². The lowest BCUT2D eigenvalue weighted by Gasteiger charge is -2.18. The van der Waals surface area contributed by atoms with E-state index < -0.39 is 27.7 Å². The number of hydrogen-bond donors (Lipinski definition) is 3. The minimum atomic E-state index is -3.69. The first-order valence-corrected chi connectivity index (χ1v) is 11.1. The zero-order valence-electron chi connectivity index (χ0n) is 16.8. The van der Waals surface area contributed by atoms with Gasteiger partial charge in [0.15, 0.2) is 11.6 Å². The molecule has 0 aliphatic heterocycles. The molecule has 1 aliphatic rings. The zero-order chi connectivity index (χ0) is 22.8. The number of sulfonamides is 1. The van der Waals surface area contributed by atoms with Crippen molar-refractivity contribution in [3.05, 3.63) is 64.5 Å². The van der Waals surface area contributed by atoms with Crippen molar-refractivity contribution in [2.45, 2.75) is 12.8 Å². The third-order valence-corrected chi connectivity index (χ3v) is 5.17. The van der Waals surface area contributed by atoms with Crippen LogP contribution in [0.2, 0.25) is 0 Å². The number of hydrogen-bond acceptors (Lipinski definition) is 6. The predicted octanol–water partition coefficient (Wildman–Crippen LogP) is 2.27. The Kier molecular flexibility index (Phi) is 6.21. The number of ketones is 2. The van der Waals surface area contributed by atoms with Gasteiger partial charge < -0.3 is 10.6 Å². The first-order chi connectivity index (χ1) is 14.6. The maximum Gasteiger partial charge on any atom is 0.332 e. The molecule has 0 fully saturated rings. The Hall–Kier alpha value is -3.53. The monoisotopic (exact) mass is 445 g/mol. The largest absolute Gasteiger partial charge is 0.388 e. The molecule has 31 heavy (non-hydrogen) atoms. The number of fused-ring (bicyclic) bond motifs is 1. The Bertz CT molecular complexity index is 1200. The van der Waals surface area contributed by atoms with Crippen molar-refractivity contribution in [1.82, 2.24) is 4.72 Å². The average molecular weight is 445 g/mol. The molecule has 0 saturated carbocycles. The molecule has 0 heterocycles. The van der Waals surface area contributed by atoms with Crippen LogP contribution in [0.5, 0.6) is 0 Å². The van der Waals surface area contributed by atoms with Crippen molar-refractivity contribution in [2.24, 2.45) is 0 Å². The van der Waals surface area contributed by atoms with Gasteiger partial charge in [0.2, 0.25) is 10.0 Å². The van der Waals surface area contributed by atoms with Gasteiger partial charge in [0.25, 0.3) is 0 Å². The zero-order valence-corrected chi connectivity index (χ0v) is 17.6. The van der Waals surface area contributed by atoms with Crippen molar-refractivity contribution in [2.75, 3.05) is 23.9 Å². The fourth-order valence-electron chi connectivity index (χ4n) is 3.25. The number of rotatable bonds is 6. The van der Waals surface area contributed by atoms with E-state index in [0.717, 1.165) is 6.26 Å². The van der Waals surface area contributed by atoms with Gasteiger partial charge in [-0.1, -0.05) is 12.1 Å². The van der Waals surface area contributed by atoms with E-state index in [9.17, 15) is 27.2 Å². The van der Waals surface area contributed by atoms with Crippen molar-refractivity contribution < 1.29 is 27.2 Å². The molecule has 0 bridgehead atoms. The highest BCUT2D eigenvalue weighted by molar-refractivity contribution is 7.89. The van der Waals surface area contributed by atoms with Crippen LogP contribution in [0.3, 0.4) is 0 Å². The molecule has 3 N–H and O–H groups in total. The second-order valence-corrected chi connectivity index (χ2v) is 8.80. The molecule has 3 rings (SSSR count). The summed E-state index contributed by atoms with van der Waals surface area (Å²) in [7, 11) is -2.05. The predicted molar refractivity (Wildman–Crippen MR) is 115 cm³/mol. The third-order valence-electron chi connectivity index (χ3n) is 4.61. The molecular weight excluding hydrogens is 425 g/mol. The van der Waals surface area contributed by atoms with Crippen molar-refractivity contribution in [3.8, 4) is 0 Å². The highest BCUT2D eigenvalue weighted by Crippen LogP contribution is 2.30. The van der Waals surface area contributed by atoms with Crippen LogP contribution < -0.4 is 15.4 Å². The molecule has 1 aliphatic carbocycles. The SMILES string of the molecule is CNc1cc(F)cc2c1CC(=O)C(C(=O)Cc1ccc(NC(=O)NS(C)(=O)=O)cc1)=C2. The molecule has 0 spiro atoms. The van der Waals surface area contributed by atoms with Gasteiger partial charge >= 0.3 is 6.03 Å². The van der Waals surface area contributed by atoms with Gasteiger partial charge in [0.1, 0.15) is 5.82 Å². The molecule has 0 radical (unpaired) electrons. The maximum absolute atomic E-state index is 13.8. The van der Waals surface area contributed by atoms with Crippen LogP contribution in [-0.4, -0.2) is 39.3 Å². The van der Waals surface area contributed by atoms with Crippen LogP contribution in [0.4, 0.5) is 20.6 Å². The number of benzene rings is 2. The standard InChI is InChI=1S/C21H20FN3O5S/c1-23-18-10-14(22)8-13-9-17(20(27)11-16(13)18)19(26)7-12-3-5-15(6-4-12)24-21(28)25-31(2,29)30/h3-6,8-10,23H,7,11H2,1-2H3,(H2,24,25,28).